The van der Waals surface area contributed by atoms with Gasteiger partial charge < -0.3 is 15.1 Å². The zero-order chi connectivity index (χ0) is 29.9. The van der Waals surface area contributed by atoms with E-state index in [0.717, 1.165) is 84.0 Å². The first-order chi connectivity index (χ1) is 21.4. The van der Waals surface area contributed by atoms with E-state index in [4.69, 9.17) is 0 Å². The molecule has 4 aliphatic carbocycles. The predicted octanol–water partition coefficient (Wildman–Crippen LogP) is 8.72. The fourth-order valence-electron chi connectivity index (χ4n) is 7.10. The second kappa shape index (κ2) is 10.9. The lowest BCUT2D eigenvalue weighted by Crippen LogP contribution is -2.04. The summed E-state index contributed by atoms with van der Waals surface area (Å²) in [4.78, 5) is 32.2. The van der Waals surface area contributed by atoms with Crippen LogP contribution in [-0.2, 0) is 12.8 Å². The van der Waals surface area contributed by atoms with E-state index in [0.29, 0.717) is 54.7 Å². The number of aromatic hydroxyl groups is 1. The number of phenolic OH excluding ortho intramolecular Hbond substituents is 1. The molecule has 6 heteroatoms. The maximum atomic E-state index is 15.8. The van der Waals surface area contributed by atoms with Crippen molar-refractivity contribution in [3.8, 4) is 5.75 Å². The number of phenols is 1. The minimum atomic E-state index is -0.0765. The SMILES string of the molecule is O=C(CCc1cc(C2CC2)c(F)c(C2CC2c2ccc(C(=O)CCc3cc(C4CC4)c(O)c(C4CC4)c3)[nH]2)c1)c1ccc[nH]1. The number of rotatable bonds is 13. The zero-order valence-corrected chi connectivity index (χ0v) is 25.0. The monoisotopic (exact) mass is 590 g/mol. The van der Waals surface area contributed by atoms with Crippen LogP contribution >= 0.6 is 0 Å². The van der Waals surface area contributed by atoms with Crippen LogP contribution in [0.1, 0.15) is 147 Å². The van der Waals surface area contributed by atoms with Crippen LogP contribution in [0.15, 0.2) is 54.7 Å². The number of carbonyl (C=O) groups excluding carboxylic acids is 2. The van der Waals surface area contributed by atoms with Gasteiger partial charge in [-0.05, 0) is 139 Å². The number of carbonyl (C=O) groups is 2. The van der Waals surface area contributed by atoms with Gasteiger partial charge in [0.2, 0.25) is 0 Å². The first-order valence-electron chi connectivity index (χ1n) is 16.5. The zero-order valence-electron chi connectivity index (χ0n) is 25.0. The summed E-state index contributed by atoms with van der Waals surface area (Å²) in [5.41, 5.74) is 8.11. The Bertz CT molecular complexity index is 1710. The summed E-state index contributed by atoms with van der Waals surface area (Å²) < 4.78 is 15.8. The summed E-state index contributed by atoms with van der Waals surface area (Å²) >= 11 is 0. The lowest BCUT2D eigenvalue weighted by molar-refractivity contribution is 0.0970. The van der Waals surface area contributed by atoms with Crippen LogP contribution in [0, 0.1) is 5.82 Å². The number of benzene rings is 2. The fraction of sp³-hybridized carbons (Fsp3) is 0.421. The van der Waals surface area contributed by atoms with Gasteiger partial charge in [-0.15, -0.1) is 0 Å². The highest BCUT2D eigenvalue weighted by atomic mass is 19.1. The van der Waals surface area contributed by atoms with Crippen molar-refractivity contribution in [2.24, 2.45) is 0 Å². The average molecular weight is 591 g/mol. The quantitative estimate of drug-likeness (QED) is 0.136. The Morgan fingerprint density at radius 1 is 0.727 bits per heavy atom. The standard InChI is InChI=1S/C38H39FN2O3/c39-37-26(23-5-6-23)16-21(3-13-35(42)33-2-1-15-40-33)19-31(37)29-20-30(29)32-11-12-34(41-32)36(43)14-4-22-17-27(24-7-8-24)38(44)28(18-22)25-9-10-25/h1-2,11-12,15-19,23-25,29-30,40-41,44H,3-10,13-14,20H2. The van der Waals surface area contributed by atoms with Crippen LogP contribution in [0.25, 0.3) is 0 Å². The van der Waals surface area contributed by atoms with Gasteiger partial charge in [-0.3, -0.25) is 9.59 Å². The molecule has 0 spiro atoms. The number of aromatic nitrogens is 2. The van der Waals surface area contributed by atoms with Gasteiger partial charge >= 0.3 is 0 Å². The number of H-pyrrole nitrogens is 2. The Kier molecular flexibility index (Phi) is 6.84. The molecule has 2 aromatic carbocycles. The molecule has 8 rings (SSSR count). The van der Waals surface area contributed by atoms with E-state index in [2.05, 4.69) is 22.1 Å². The molecule has 0 aliphatic heterocycles. The number of aryl methyl sites for hydroxylation is 2. The molecule has 226 valence electrons. The minimum Gasteiger partial charge on any atom is -0.507 e. The fourth-order valence-corrected chi connectivity index (χ4v) is 7.10. The van der Waals surface area contributed by atoms with Crippen molar-refractivity contribution in [3.05, 3.63) is 111 Å². The molecule has 4 aromatic rings. The van der Waals surface area contributed by atoms with E-state index in [1.807, 2.05) is 30.3 Å². The number of Topliss-reactive ketones (excluding diaryl/α,β-unsaturated/α-hetero) is 2. The molecule has 0 radical (unpaired) electrons. The molecule has 2 atom stereocenters. The molecule has 2 heterocycles. The summed E-state index contributed by atoms with van der Waals surface area (Å²) in [6.45, 7) is 0. The number of nitrogens with one attached hydrogen (secondary N) is 2. The molecule has 0 amide bonds. The molecule has 2 aromatic heterocycles. The van der Waals surface area contributed by atoms with E-state index < -0.39 is 0 Å². The highest BCUT2D eigenvalue weighted by Crippen LogP contribution is 2.56. The largest absolute Gasteiger partial charge is 0.507 e. The second-order valence-electron chi connectivity index (χ2n) is 13.7. The van der Waals surface area contributed by atoms with Crippen LogP contribution in [0.5, 0.6) is 5.75 Å². The van der Waals surface area contributed by atoms with Crippen molar-refractivity contribution in [1.29, 1.82) is 0 Å². The molecule has 0 bridgehead atoms. The summed E-state index contributed by atoms with van der Waals surface area (Å²) in [5, 5.41) is 10.8. The van der Waals surface area contributed by atoms with Crippen molar-refractivity contribution in [1.82, 2.24) is 9.97 Å². The summed E-state index contributed by atoms with van der Waals surface area (Å²) in [6.07, 6.45) is 11.2. The van der Waals surface area contributed by atoms with E-state index in [1.165, 1.54) is 0 Å². The highest BCUT2D eigenvalue weighted by Gasteiger charge is 2.43. The Morgan fingerprint density at radius 3 is 1.89 bits per heavy atom. The van der Waals surface area contributed by atoms with Gasteiger partial charge in [-0.2, -0.15) is 0 Å². The Balaban J connectivity index is 0.942. The number of halogens is 1. The molecule has 2 unspecified atom stereocenters. The summed E-state index contributed by atoms with van der Waals surface area (Å²) in [6, 6.07) is 15.7. The van der Waals surface area contributed by atoms with Gasteiger partial charge in [0.1, 0.15) is 11.6 Å². The average Bonchev–Trinajstić information content (AvgIpc) is 3.83. The van der Waals surface area contributed by atoms with Crippen LogP contribution in [0.2, 0.25) is 0 Å². The van der Waals surface area contributed by atoms with Gasteiger partial charge in [-0.1, -0.05) is 24.3 Å². The van der Waals surface area contributed by atoms with Crippen LogP contribution in [0.3, 0.4) is 0 Å². The molecule has 4 aliphatic rings. The Hall–Kier alpha value is -3.93. The van der Waals surface area contributed by atoms with Crippen LogP contribution in [0.4, 0.5) is 4.39 Å². The van der Waals surface area contributed by atoms with Crippen molar-refractivity contribution < 1.29 is 19.1 Å². The van der Waals surface area contributed by atoms with Gasteiger partial charge in [0.05, 0.1) is 11.4 Å². The minimum absolute atomic E-state index is 0.0684. The molecule has 3 N–H and O–H groups in total. The first-order valence-corrected chi connectivity index (χ1v) is 16.5. The van der Waals surface area contributed by atoms with Crippen molar-refractivity contribution in [2.75, 3.05) is 0 Å². The molecular weight excluding hydrogens is 551 g/mol. The van der Waals surface area contributed by atoms with Gasteiger partial charge in [0, 0.05) is 30.7 Å². The second-order valence-corrected chi connectivity index (χ2v) is 13.7. The van der Waals surface area contributed by atoms with Crippen molar-refractivity contribution >= 4 is 11.6 Å². The summed E-state index contributed by atoms with van der Waals surface area (Å²) in [7, 11) is 0. The topological polar surface area (TPSA) is 85.9 Å². The van der Waals surface area contributed by atoms with E-state index in [9.17, 15) is 14.7 Å². The van der Waals surface area contributed by atoms with E-state index in [-0.39, 0.29) is 35.1 Å². The number of aromatic amines is 2. The molecule has 4 fully saturated rings. The van der Waals surface area contributed by atoms with E-state index in [1.54, 1.807) is 12.3 Å². The first kappa shape index (κ1) is 27.6. The van der Waals surface area contributed by atoms with Gasteiger partial charge in [0.15, 0.2) is 11.6 Å². The Labute approximate surface area is 257 Å². The van der Waals surface area contributed by atoms with Crippen molar-refractivity contribution in [2.45, 2.75) is 100 Å². The number of hydrogen-bond acceptors (Lipinski definition) is 3. The molecule has 0 saturated heterocycles. The lowest BCUT2D eigenvalue weighted by atomic mass is 9.95. The van der Waals surface area contributed by atoms with Gasteiger partial charge in [0.25, 0.3) is 0 Å². The van der Waals surface area contributed by atoms with Gasteiger partial charge in [-0.25, -0.2) is 4.39 Å². The maximum absolute atomic E-state index is 15.8. The molecule has 44 heavy (non-hydrogen) atoms. The number of ketones is 2. The maximum Gasteiger partial charge on any atom is 0.179 e. The van der Waals surface area contributed by atoms with Crippen LogP contribution < -0.4 is 0 Å². The third kappa shape index (κ3) is 5.55. The predicted molar refractivity (Wildman–Crippen MR) is 167 cm³/mol. The summed E-state index contributed by atoms with van der Waals surface area (Å²) in [5.74, 6) is 2.03. The highest BCUT2D eigenvalue weighted by molar-refractivity contribution is 5.95. The molecular formula is C38H39FN2O3. The third-order valence-corrected chi connectivity index (χ3v) is 10.2. The normalized spacial score (nSPS) is 21.0. The molecule has 4 saturated carbocycles. The third-order valence-electron chi connectivity index (χ3n) is 10.2. The van der Waals surface area contributed by atoms with E-state index >= 15 is 4.39 Å². The number of hydrogen-bond donors (Lipinski definition) is 3. The smallest absolute Gasteiger partial charge is 0.179 e. The van der Waals surface area contributed by atoms with Crippen LogP contribution in [-0.4, -0.2) is 26.6 Å². The molecule has 5 nitrogen and oxygen atoms in total. The Morgan fingerprint density at radius 2 is 1.30 bits per heavy atom. The lowest BCUT2D eigenvalue weighted by Gasteiger charge is -2.12. The van der Waals surface area contributed by atoms with Crippen molar-refractivity contribution in [3.63, 3.8) is 0 Å².